The highest BCUT2D eigenvalue weighted by Crippen LogP contribution is 2.20. The first-order valence-corrected chi connectivity index (χ1v) is 5.96. The molecule has 0 aliphatic heterocycles. The number of esters is 1. The number of hydrogen-bond acceptors (Lipinski definition) is 5. The number of rotatable bonds is 6. The van der Waals surface area contributed by atoms with Crippen molar-refractivity contribution in [2.75, 3.05) is 7.11 Å². The van der Waals surface area contributed by atoms with Crippen LogP contribution in [-0.4, -0.2) is 36.6 Å². The van der Waals surface area contributed by atoms with Gasteiger partial charge in [-0.2, -0.15) is 0 Å². The van der Waals surface area contributed by atoms with Crippen molar-refractivity contribution in [3.05, 3.63) is 0 Å². The van der Waals surface area contributed by atoms with Gasteiger partial charge in [0.2, 0.25) is 5.91 Å². The molecule has 0 bridgehead atoms. The third-order valence-corrected chi connectivity index (χ3v) is 2.41. The molecule has 1 atom stereocenters. The van der Waals surface area contributed by atoms with Crippen LogP contribution in [0.1, 0.15) is 40.5 Å². The number of carbonyl (C=O) groups is 4. The maximum absolute atomic E-state index is 11.7. The predicted octanol–water partition coefficient (Wildman–Crippen LogP) is 0.629. The van der Waals surface area contributed by atoms with E-state index < -0.39 is 35.5 Å². The van der Waals surface area contributed by atoms with Crippen molar-refractivity contribution in [1.82, 2.24) is 5.32 Å². The van der Waals surface area contributed by atoms with E-state index in [9.17, 15) is 19.2 Å². The van der Waals surface area contributed by atoms with E-state index in [-0.39, 0.29) is 12.2 Å². The van der Waals surface area contributed by atoms with Crippen LogP contribution >= 0.6 is 0 Å². The highest BCUT2D eigenvalue weighted by Gasteiger charge is 2.33. The first-order chi connectivity index (χ1) is 8.57. The summed E-state index contributed by atoms with van der Waals surface area (Å²) >= 11 is 0. The van der Waals surface area contributed by atoms with Crippen molar-refractivity contribution in [1.29, 1.82) is 0 Å². The molecule has 0 heterocycles. The van der Waals surface area contributed by atoms with E-state index >= 15 is 0 Å². The Balaban J connectivity index is 4.61. The van der Waals surface area contributed by atoms with Gasteiger partial charge in [-0.05, 0) is 12.3 Å². The molecule has 1 amide bonds. The third kappa shape index (κ3) is 6.69. The second-order valence-corrected chi connectivity index (χ2v) is 5.48. The summed E-state index contributed by atoms with van der Waals surface area (Å²) in [6.45, 7) is 6.59. The van der Waals surface area contributed by atoms with Gasteiger partial charge in [0.25, 0.3) is 0 Å². The molecular weight excluding hydrogens is 250 g/mol. The molecule has 0 unspecified atom stereocenters. The number of Topliss-reactive ketones (excluding diaryl/α,β-unsaturated/α-hetero) is 2. The van der Waals surface area contributed by atoms with Crippen LogP contribution in [0.4, 0.5) is 0 Å². The van der Waals surface area contributed by atoms with E-state index in [0.717, 1.165) is 0 Å². The molecule has 6 nitrogen and oxygen atoms in total. The SMILES string of the molecule is COC(=O)[C@@H](NC(=O)CC(=O)CC(C)=O)C(C)(C)C. The van der Waals surface area contributed by atoms with Gasteiger partial charge in [-0.25, -0.2) is 4.79 Å². The summed E-state index contributed by atoms with van der Waals surface area (Å²) < 4.78 is 4.62. The predicted molar refractivity (Wildman–Crippen MR) is 68.3 cm³/mol. The van der Waals surface area contributed by atoms with E-state index in [1.165, 1.54) is 14.0 Å². The highest BCUT2D eigenvalue weighted by atomic mass is 16.5. The number of methoxy groups -OCH3 is 1. The molecular formula is C13H21NO5. The quantitative estimate of drug-likeness (QED) is 0.565. The minimum absolute atomic E-state index is 0.272. The summed E-state index contributed by atoms with van der Waals surface area (Å²) in [4.78, 5) is 45.3. The van der Waals surface area contributed by atoms with E-state index in [4.69, 9.17) is 0 Å². The number of carbonyl (C=O) groups excluding carboxylic acids is 4. The van der Waals surface area contributed by atoms with E-state index in [1.807, 2.05) is 0 Å². The number of ether oxygens (including phenoxy) is 1. The largest absolute Gasteiger partial charge is 0.467 e. The van der Waals surface area contributed by atoms with Crippen molar-refractivity contribution in [2.24, 2.45) is 5.41 Å². The molecule has 0 aromatic heterocycles. The van der Waals surface area contributed by atoms with Crippen LogP contribution in [0.3, 0.4) is 0 Å². The van der Waals surface area contributed by atoms with Gasteiger partial charge in [0, 0.05) is 0 Å². The zero-order valence-corrected chi connectivity index (χ0v) is 12.0. The Hall–Kier alpha value is -1.72. The lowest BCUT2D eigenvalue weighted by Crippen LogP contribution is -2.50. The first kappa shape index (κ1) is 17.3. The van der Waals surface area contributed by atoms with Crippen LogP contribution in [0.15, 0.2) is 0 Å². The molecule has 108 valence electrons. The summed E-state index contributed by atoms with van der Waals surface area (Å²) in [7, 11) is 1.23. The summed E-state index contributed by atoms with van der Waals surface area (Å²) in [5, 5.41) is 2.47. The molecule has 0 aromatic carbocycles. The van der Waals surface area contributed by atoms with E-state index in [1.54, 1.807) is 20.8 Å². The van der Waals surface area contributed by atoms with Crippen molar-refractivity contribution in [3.8, 4) is 0 Å². The average Bonchev–Trinajstić information content (AvgIpc) is 2.21. The van der Waals surface area contributed by atoms with Gasteiger partial charge < -0.3 is 10.1 Å². The molecule has 0 aromatic rings. The smallest absolute Gasteiger partial charge is 0.328 e. The van der Waals surface area contributed by atoms with Gasteiger partial charge in [0.05, 0.1) is 20.0 Å². The van der Waals surface area contributed by atoms with Gasteiger partial charge in [0.1, 0.15) is 17.6 Å². The maximum Gasteiger partial charge on any atom is 0.328 e. The zero-order chi connectivity index (χ0) is 15.2. The molecule has 0 radical (unpaired) electrons. The van der Waals surface area contributed by atoms with Crippen LogP contribution in [-0.2, 0) is 23.9 Å². The first-order valence-electron chi connectivity index (χ1n) is 5.96. The lowest BCUT2D eigenvalue weighted by molar-refractivity contribution is -0.148. The number of ketones is 2. The Labute approximate surface area is 112 Å². The van der Waals surface area contributed by atoms with E-state index in [0.29, 0.717) is 0 Å². The molecule has 0 aliphatic rings. The Morgan fingerprint density at radius 3 is 2.00 bits per heavy atom. The monoisotopic (exact) mass is 271 g/mol. The minimum Gasteiger partial charge on any atom is -0.467 e. The average molecular weight is 271 g/mol. The fraction of sp³-hybridized carbons (Fsp3) is 0.692. The fourth-order valence-corrected chi connectivity index (χ4v) is 1.48. The summed E-state index contributed by atoms with van der Waals surface area (Å²) in [6.07, 6.45) is -0.686. The topological polar surface area (TPSA) is 89.5 Å². The van der Waals surface area contributed by atoms with Crippen molar-refractivity contribution >= 4 is 23.4 Å². The third-order valence-electron chi connectivity index (χ3n) is 2.41. The Morgan fingerprint density at radius 2 is 1.63 bits per heavy atom. The molecule has 1 N–H and O–H groups in total. The maximum atomic E-state index is 11.7. The number of hydrogen-bond donors (Lipinski definition) is 1. The number of nitrogens with one attached hydrogen (secondary N) is 1. The molecule has 0 fully saturated rings. The van der Waals surface area contributed by atoms with Crippen molar-refractivity contribution < 1.29 is 23.9 Å². The Bertz CT molecular complexity index is 381. The van der Waals surface area contributed by atoms with Gasteiger partial charge in [-0.1, -0.05) is 20.8 Å². The number of amides is 1. The van der Waals surface area contributed by atoms with Crippen molar-refractivity contribution in [3.63, 3.8) is 0 Å². The summed E-state index contributed by atoms with van der Waals surface area (Å²) in [6, 6.07) is -0.838. The van der Waals surface area contributed by atoms with Crippen LogP contribution < -0.4 is 5.32 Å². The van der Waals surface area contributed by atoms with Crippen molar-refractivity contribution in [2.45, 2.75) is 46.6 Å². The zero-order valence-electron chi connectivity index (χ0n) is 12.0. The van der Waals surface area contributed by atoms with Crippen LogP contribution in [0, 0.1) is 5.41 Å². The van der Waals surface area contributed by atoms with Crippen LogP contribution in [0.2, 0.25) is 0 Å². The van der Waals surface area contributed by atoms with Gasteiger partial charge in [-0.15, -0.1) is 0 Å². The molecule has 0 saturated carbocycles. The van der Waals surface area contributed by atoms with Gasteiger partial charge >= 0.3 is 5.97 Å². The molecule has 0 aliphatic carbocycles. The van der Waals surface area contributed by atoms with Gasteiger partial charge in [-0.3, -0.25) is 14.4 Å². The molecule has 0 spiro atoms. The lowest BCUT2D eigenvalue weighted by Gasteiger charge is -2.28. The molecule has 6 heteroatoms. The fourth-order valence-electron chi connectivity index (χ4n) is 1.48. The second-order valence-electron chi connectivity index (χ2n) is 5.48. The van der Waals surface area contributed by atoms with Crippen LogP contribution in [0.5, 0.6) is 0 Å². The van der Waals surface area contributed by atoms with Crippen LogP contribution in [0.25, 0.3) is 0 Å². The lowest BCUT2D eigenvalue weighted by atomic mass is 9.86. The Kier molecular flexibility index (Phi) is 6.38. The molecule has 0 rings (SSSR count). The molecule has 0 saturated heterocycles. The Morgan fingerprint density at radius 1 is 1.11 bits per heavy atom. The normalized spacial score (nSPS) is 12.5. The highest BCUT2D eigenvalue weighted by molar-refractivity contribution is 6.06. The second kappa shape index (κ2) is 7.01. The summed E-state index contributed by atoms with van der Waals surface area (Å²) in [5.74, 6) is -1.92. The summed E-state index contributed by atoms with van der Waals surface area (Å²) in [5.41, 5.74) is -0.535. The van der Waals surface area contributed by atoms with Gasteiger partial charge in [0.15, 0.2) is 0 Å². The van der Waals surface area contributed by atoms with E-state index in [2.05, 4.69) is 10.1 Å². The minimum atomic E-state index is -0.838. The molecule has 19 heavy (non-hydrogen) atoms. The standard InChI is InChI=1S/C13H21NO5/c1-8(15)6-9(16)7-10(17)14-11(12(18)19-5)13(2,3)4/h11H,6-7H2,1-5H3,(H,14,17)/t11-/m1/s1.